The van der Waals surface area contributed by atoms with Crippen molar-refractivity contribution >= 4 is 17.9 Å². The zero-order valence-corrected chi connectivity index (χ0v) is 9.21. The minimum atomic E-state index is -0.626. The number of carbonyl (C=O) groups is 2. The van der Waals surface area contributed by atoms with E-state index in [1.54, 1.807) is 0 Å². The van der Waals surface area contributed by atoms with Crippen molar-refractivity contribution < 1.29 is 14.3 Å². The Bertz CT molecular complexity index is 413. The lowest BCUT2D eigenvalue weighted by Gasteiger charge is -2.42. The molecule has 1 aliphatic heterocycles. The van der Waals surface area contributed by atoms with Gasteiger partial charge in [-0.3, -0.25) is 9.69 Å². The van der Waals surface area contributed by atoms with E-state index in [4.69, 9.17) is 4.74 Å². The van der Waals surface area contributed by atoms with E-state index in [0.717, 1.165) is 17.5 Å². The van der Waals surface area contributed by atoms with Gasteiger partial charge >= 0.3 is 0 Å². The highest BCUT2D eigenvalue weighted by atomic mass is 16.5. The van der Waals surface area contributed by atoms with Crippen LogP contribution in [0.5, 0.6) is 0 Å². The molecule has 0 bridgehead atoms. The van der Waals surface area contributed by atoms with E-state index in [1.807, 2.05) is 31.2 Å². The molecule has 1 saturated heterocycles. The number of hydrogen-bond acceptors (Lipinski definition) is 3. The minimum Gasteiger partial charge on any atom is -0.369 e. The van der Waals surface area contributed by atoms with E-state index in [2.05, 4.69) is 0 Å². The van der Waals surface area contributed by atoms with Crippen LogP contribution < -0.4 is 4.90 Å². The summed E-state index contributed by atoms with van der Waals surface area (Å²) in [5.41, 5.74) is 1.85. The molecular weight excluding hydrogens is 206 g/mol. The van der Waals surface area contributed by atoms with Crippen molar-refractivity contribution in [2.75, 3.05) is 12.0 Å². The molecule has 2 rings (SSSR count). The van der Waals surface area contributed by atoms with Gasteiger partial charge in [0.05, 0.1) is 0 Å². The number of anilines is 1. The fourth-order valence-corrected chi connectivity index (χ4v) is 1.86. The summed E-state index contributed by atoms with van der Waals surface area (Å²) in [5.74, 6) is -0.163. The molecule has 84 valence electrons. The number of aryl methyl sites for hydroxylation is 1. The van der Waals surface area contributed by atoms with Crippen molar-refractivity contribution in [3.05, 3.63) is 29.8 Å². The average Bonchev–Trinajstić information content (AvgIpc) is 2.29. The Balaban J connectivity index is 2.25. The third kappa shape index (κ3) is 1.51. The maximum absolute atomic E-state index is 11.7. The predicted octanol–water partition coefficient (Wildman–Crippen LogP) is 0.924. The van der Waals surface area contributed by atoms with Gasteiger partial charge in [0.25, 0.3) is 5.91 Å². The van der Waals surface area contributed by atoms with Crippen LogP contribution in [0.2, 0.25) is 0 Å². The molecule has 0 N–H and O–H groups in total. The van der Waals surface area contributed by atoms with E-state index in [-0.39, 0.29) is 5.91 Å². The molecule has 16 heavy (non-hydrogen) atoms. The summed E-state index contributed by atoms with van der Waals surface area (Å²) in [7, 11) is 1.44. The Hall–Kier alpha value is -1.68. The molecule has 1 fully saturated rings. The van der Waals surface area contributed by atoms with Gasteiger partial charge in [-0.25, -0.2) is 0 Å². The van der Waals surface area contributed by atoms with E-state index in [9.17, 15) is 9.59 Å². The number of benzene rings is 1. The molecule has 1 aliphatic rings. The summed E-state index contributed by atoms with van der Waals surface area (Å²) in [6, 6.07) is 6.97. The maximum Gasteiger partial charge on any atom is 0.259 e. The number of β-lactam (4-membered cyclic amide) rings is 1. The molecule has 1 heterocycles. The summed E-state index contributed by atoms with van der Waals surface area (Å²) in [4.78, 5) is 24.0. The second-order valence-electron chi connectivity index (χ2n) is 3.83. The highest BCUT2D eigenvalue weighted by Gasteiger charge is 2.48. The molecule has 4 heteroatoms. The predicted molar refractivity (Wildman–Crippen MR) is 59.3 cm³/mol. The van der Waals surface area contributed by atoms with Gasteiger partial charge < -0.3 is 9.53 Å². The number of rotatable bonds is 3. The second kappa shape index (κ2) is 4.06. The Kier molecular flexibility index (Phi) is 2.75. The molecule has 0 saturated carbocycles. The zero-order valence-electron chi connectivity index (χ0n) is 9.21. The third-order valence-corrected chi connectivity index (χ3v) is 2.79. The van der Waals surface area contributed by atoms with Crippen LogP contribution in [-0.2, 0) is 14.3 Å². The van der Waals surface area contributed by atoms with Crippen LogP contribution in [0, 0.1) is 6.92 Å². The fourth-order valence-electron chi connectivity index (χ4n) is 1.86. The van der Waals surface area contributed by atoms with Crippen molar-refractivity contribution in [2.45, 2.75) is 19.1 Å². The normalized spacial score (nSPS) is 24.1. The summed E-state index contributed by atoms with van der Waals surface area (Å²) in [6.45, 7) is 1.97. The van der Waals surface area contributed by atoms with Gasteiger partial charge in [0, 0.05) is 12.8 Å². The summed E-state index contributed by atoms with van der Waals surface area (Å²) >= 11 is 0. The SMILES string of the molecule is CO[C@@H]1C(=O)N(c2ccc(C)cc2)[C@@H]1C=O. The van der Waals surface area contributed by atoms with Gasteiger partial charge in [0.15, 0.2) is 6.10 Å². The van der Waals surface area contributed by atoms with Gasteiger partial charge in [-0.1, -0.05) is 17.7 Å². The first-order chi connectivity index (χ1) is 7.69. The van der Waals surface area contributed by atoms with E-state index < -0.39 is 12.1 Å². The van der Waals surface area contributed by atoms with E-state index in [1.165, 1.54) is 12.0 Å². The summed E-state index contributed by atoms with van der Waals surface area (Å²) in [5, 5.41) is 0. The van der Waals surface area contributed by atoms with Crippen molar-refractivity contribution in [3.8, 4) is 0 Å². The first kappa shape index (κ1) is 10.8. The maximum atomic E-state index is 11.7. The third-order valence-electron chi connectivity index (χ3n) is 2.79. The van der Waals surface area contributed by atoms with Gasteiger partial charge in [-0.05, 0) is 19.1 Å². The molecule has 2 atom stereocenters. The van der Waals surface area contributed by atoms with Gasteiger partial charge in [0.2, 0.25) is 0 Å². The van der Waals surface area contributed by atoms with Crippen LogP contribution in [-0.4, -0.2) is 31.4 Å². The lowest BCUT2D eigenvalue weighted by molar-refractivity contribution is -0.142. The molecule has 0 aromatic heterocycles. The number of amides is 1. The fraction of sp³-hybridized carbons (Fsp3) is 0.333. The smallest absolute Gasteiger partial charge is 0.259 e. The molecule has 4 nitrogen and oxygen atoms in total. The molecule has 0 spiro atoms. The lowest BCUT2D eigenvalue weighted by Crippen LogP contribution is -2.66. The van der Waals surface area contributed by atoms with Gasteiger partial charge in [-0.15, -0.1) is 0 Å². The Morgan fingerprint density at radius 2 is 1.94 bits per heavy atom. The lowest BCUT2D eigenvalue weighted by atomic mass is 9.98. The standard InChI is InChI=1S/C12H13NO3/c1-8-3-5-9(6-4-8)13-10(7-14)11(16-2)12(13)15/h3-7,10-11H,1-2H3/t10-,11+/m1/s1. The molecular formula is C12H13NO3. The van der Waals surface area contributed by atoms with Crippen LogP contribution in [0.15, 0.2) is 24.3 Å². The van der Waals surface area contributed by atoms with Crippen LogP contribution in [0.25, 0.3) is 0 Å². The van der Waals surface area contributed by atoms with Gasteiger partial charge in [-0.2, -0.15) is 0 Å². The average molecular weight is 219 g/mol. The highest BCUT2D eigenvalue weighted by Crippen LogP contribution is 2.28. The van der Waals surface area contributed by atoms with Gasteiger partial charge in [0.1, 0.15) is 12.3 Å². The van der Waals surface area contributed by atoms with E-state index >= 15 is 0 Å². The highest BCUT2D eigenvalue weighted by molar-refractivity contribution is 6.10. The summed E-state index contributed by atoms with van der Waals surface area (Å²) < 4.78 is 4.95. The van der Waals surface area contributed by atoms with Crippen LogP contribution in [0.1, 0.15) is 5.56 Å². The summed E-state index contributed by atoms with van der Waals surface area (Å²) in [6.07, 6.45) is 0.119. The number of nitrogens with zero attached hydrogens (tertiary/aromatic N) is 1. The van der Waals surface area contributed by atoms with Crippen LogP contribution in [0.3, 0.4) is 0 Å². The number of carbonyl (C=O) groups excluding carboxylic acids is 2. The topological polar surface area (TPSA) is 46.6 Å². The first-order valence-electron chi connectivity index (χ1n) is 5.07. The minimum absolute atomic E-state index is 0.163. The number of hydrogen-bond donors (Lipinski definition) is 0. The number of methoxy groups -OCH3 is 1. The van der Waals surface area contributed by atoms with Crippen LogP contribution in [0.4, 0.5) is 5.69 Å². The number of aldehydes is 1. The van der Waals surface area contributed by atoms with E-state index in [0.29, 0.717) is 0 Å². The van der Waals surface area contributed by atoms with Crippen molar-refractivity contribution in [1.82, 2.24) is 0 Å². The zero-order chi connectivity index (χ0) is 11.7. The largest absolute Gasteiger partial charge is 0.369 e. The quantitative estimate of drug-likeness (QED) is 0.561. The number of ether oxygens (including phenoxy) is 1. The molecule has 0 unspecified atom stereocenters. The molecule has 0 radical (unpaired) electrons. The Morgan fingerprint density at radius 3 is 2.44 bits per heavy atom. The van der Waals surface area contributed by atoms with Crippen molar-refractivity contribution in [1.29, 1.82) is 0 Å². The van der Waals surface area contributed by atoms with Crippen molar-refractivity contribution in [2.24, 2.45) is 0 Å². The van der Waals surface area contributed by atoms with Crippen molar-refractivity contribution in [3.63, 3.8) is 0 Å². The Labute approximate surface area is 93.8 Å². The monoisotopic (exact) mass is 219 g/mol. The molecule has 1 aromatic rings. The first-order valence-corrected chi connectivity index (χ1v) is 5.07. The molecule has 1 amide bonds. The van der Waals surface area contributed by atoms with Crippen LogP contribution >= 0.6 is 0 Å². The molecule has 1 aromatic carbocycles. The molecule has 0 aliphatic carbocycles. The second-order valence-corrected chi connectivity index (χ2v) is 3.83. The Morgan fingerprint density at radius 1 is 1.31 bits per heavy atom.